The maximum atomic E-state index is 5.65. The second-order valence-electron chi connectivity index (χ2n) is 4.02. The number of rotatable bonds is 4. The standard InChI is InChI=1S/C13H18N2O2/c1-8-10(4-5-14)13-11(15-8)6-9(16-2)7-12(13)17-3/h6-7,15H,4-5,14H2,1-3H3. The molecule has 2 aromatic rings. The Kier molecular flexibility index (Phi) is 3.24. The van der Waals surface area contributed by atoms with Gasteiger partial charge >= 0.3 is 0 Å². The number of ether oxygens (including phenoxy) is 2. The monoisotopic (exact) mass is 234 g/mol. The lowest BCUT2D eigenvalue weighted by Crippen LogP contribution is -2.03. The first-order chi connectivity index (χ1) is 8.21. The van der Waals surface area contributed by atoms with E-state index in [1.165, 1.54) is 5.56 Å². The minimum absolute atomic E-state index is 0.628. The second-order valence-corrected chi connectivity index (χ2v) is 4.02. The molecule has 0 aliphatic carbocycles. The average molecular weight is 234 g/mol. The van der Waals surface area contributed by atoms with E-state index < -0.39 is 0 Å². The zero-order valence-electron chi connectivity index (χ0n) is 10.5. The van der Waals surface area contributed by atoms with E-state index in [1.807, 2.05) is 12.1 Å². The molecule has 1 heterocycles. The molecule has 0 aliphatic heterocycles. The third kappa shape index (κ3) is 1.96. The fourth-order valence-electron chi connectivity index (χ4n) is 2.20. The third-order valence-corrected chi connectivity index (χ3v) is 3.00. The number of H-pyrrole nitrogens is 1. The van der Waals surface area contributed by atoms with Crippen molar-refractivity contribution in [3.63, 3.8) is 0 Å². The summed E-state index contributed by atoms with van der Waals surface area (Å²) in [7, 11) is 3.32. The van der Waals surface area contributed by atoms with E-state index in [0.717, 1.165) is 34.5 Å². The van der Waals surface area contributed by atoms with Crippen molar-refractivity contribution in [3.8, 4) is 11.5 Å². The lowest BCUT2D eigenvalue weighted by atomic mass is 10.1. The number of nitrogens with two attached hydrogens (primary N) is 1. The molecule has 0 unspecified atom stereocenters. The van der Waals surface area contributed by atoms with Crippen molar-refractivity contribution in [2.24, 2.45) is 5.73 Å². The molecule has 0 fully saturated rings. The third-order valence-electron chi connectivity index (χ3n) is 3.00. The molecule has 1 aromatic carbocycles. The van der Waals surface area contributed by atoms with Gasteiger partial charge in [0.2, 0.25) is 0 Å². The van der Waals surface area contributed by atoms with Crippen molar-refractivity contribution in [2.75, 3.05) is 20.8 Å². The van der Waals surface area contributed by atoms with Crippen LogP contribution >= 0.6 is 0 Å². The summed E-state index contributed by atoms with van der Waals surface area (Å²) in [6, 6.07) is 3.88. The highest BCUT2D eigenvalue weighted by Gasteiger charge is 2.14. The van der Waals surface area contributed by atoms with Gasteiger partial charge in [0.05, 0.1) is 19.7 Å². The summed E-state index contributed by atoms with van der Waals surface area (Å²) in [6.45, 7) is 2.68. The van der Waals surface area contributed by atoms with Gasteiger partial charge in [-0.2, -0.15) is 0 Å². The number of nitrogens with one attached hydrogen (secondary N) is 1. The molecule has 0 aliphatic rings. The summed E-state index contributed by atoms with van der Waals surface area (Å²) < 4.78 is 10.7. The highest BCUT2D eigenvalue weighted by atomic mass is 16.5. The number of methoxy groups -OCH3 is 2. The zero-order chi connectivity index (χ0) is 12.4. The van der Waals surface area contributed by atoms with Gasteiger partial charge in [-0.05, 0) is 25.5 Å². The van der Waals surface area contributed by atoms with Gasteiger partial charge in [0.1, 0.15) is 11.5 Å². The fourth-order valence-corrected chi connectivity index (χ4v) is 2.20. The van der Waals surface area contributed by atoms with E-state index in [0.29, 0.717) is 6.54 Å². The molecule has 0 radical (unpaired) electrons. The Morgan fingerprint density at radius 1 is 1.24 bits per heavy atom. The fraction of sp³-hybridized carbons (Fsp3) is 0.385. The van der Waals surface area contributed by atoms with Crippen LogP contribution in [0.2, 0.25) is 0 Å². The predicted octanol–water partition coefficient (Wildman–Crippen LogP) is 1.99. The van der Waals surface area contributed by atoms with Crippen molar-refractivity contribution < 1.29 is 9.47 Å². The number of fused-ring (bicyclic) bond motifs is 1. The van der Waals surface area contributed by atoms with E-state index in [4.69, 9.17) is 15.2 Å². The van der Waals surface area contributed by atoms with Gasteiger partial charge < -0.3 is 20.2 Å². The average Bonchev–Trinajstić information content (AvgIpc) is 2.65. The SMILES string of the molecule is COc1cc(OC)c2c(CCN)c(C)[nH]c2c1. The maximum absolute atomic E-state index is 5.65. The van der Waals surface area contributed by atoms with Gasteiger partial charge in [0.25, 0.3) is 0 Å². The number of hydrogen-bond acceptors (Lipinski definition) is 3. The largest absolute Gasteiger partial charge is 0.497 e. The van der Waals surface area contributed by atoms with Crippen LogP contribution in [0.4, 0.5) is 0 Å². The molecule has 2 rings (SSSR count). The van der Waals surface area contributed by atoms with Gasteiger partial charge in [-0.15, -0.1) is 0 Å². The molecule has 3 N–H and O–H groups in total. The van der Waals surface area contributed by atoms with Gasteiger partial charge in [-0.25, -0.2) is 0 Å². The highest BCUT2D eigenvalue weighted by molar-refractivity contribution is 5.91. The number of hydrogen-bond donors (Lipinski definition) is 2. The second kappa shape index (κ2) is 4.67. The predicted molar refractivity (Wildman–Crippen MR) is 68.9 cm³/mol. The summed E-state index contributed by atoms with van der Waals surface area (Å²) in [5.74, 6) is 1.61. The number of aryl methyl sites for hydroxylation is 1. The Morgan fingerprint density at radius 2 is 2.00 bits per heavy atom. The first-order valence-electron chi connectivity index (χ1n) is 5.64. The first-order valence-corrected chi connectivity index (χ1v) is 5.64. The van der Waals surface area contributed by atoms with E-state index in [9.17, 15) is 0 Å². The lowest BCUT2D eigenvalue weighted by molar-refractivity contribution is 0.398. The van der Waals surface area contributed by atoms with E-state index in [1.54, 1.807) is 14.2 Å². The van der Waals surface area contributed by atoms with Crippen LogP contribution < -0.4 is 15.2 Å². The highest BCUT2D eigenvalue weighted by Crippen LogP contribution is 2.35. The van der Waals surface area contributed by atoms with Crippen LogP contribution in [-0.4, -0.2) is 25.7 Å². The summed E-state index contributed by atoms with van der Waals surface area (Å²) in [5, 5.41) is 1.11. The Morgan fingerprint density at radius 3 is 2.59 bits per heavy atom. The van der Waals surface area contributed by atoms with Gasteiger partial charge in [0.15, 0.2) is 0 Å². The van der Waals surface area contributed by atoms with Crippen molar-refractivity contribution in [1.82, 2.24) is 4.98 Å². The maximum Gasteiger partial charge on any atom is 0.132 e. The molecular weight excluding hydrogens is 216 g/mol. The molecule has 0 spiro atoms. The van der Waals surface area contributed by atoms with E-state index in [2.05, 4.69) is 11.9 Å². The Labute approximate surface area is 101 Å². The van der Waals surface area contributed by atoms with Crippen molar-refractivity contribution in [3.05, 3.63) is 23.4 Å². The van der Waals surface area contributed by atoms with Crippen LogP contribution in [0.15, 0.2) is 12.1 Å². The Balaban J connectivity index is 2.71. The van der Waals surface area contributed by atoms with Crippen LogP contribution in [-0.2, 0) is 6.42 Å². The molecule has 1 aromatic heterocycles. The Bertz CT molecular complexity index is 532. The molecule has 92 valence electrons. The minimum Gasteiger partial charge on any atom is -0.497 e. The number of aromatic nitrogens is 1. The van der Waals surface area contributed by atoms with Crippen molar-refractivity contribution in [1.29, 1.82) is 0 Å². The van der Waals surface area contributed by atoms with Crippen LogP contribution in [0.1, 0.15) is 11.3 Å². The van der Waals surface area contributed by atoms with Crippen molar-refractivity contribution in [2.45, 2.75) is 13.3 Å². The summed E-state index contributed by atoms with van der Waals surface area (Å²) in [5.41, 5.74) is 9.04. The zero-order valence-corrected chi connectivity index (χ0v) is 10.5. The van der Waals surface area contributed by atoms with Crippen LogP contribution in [0, 0.1) is 6.92 Å². The summed E-state index contributed by atoms with van der Waals surface area (Å²) in [6.07, 6.45) is 0.842. The molecule has 4 nitrogen and oxygen atoms in total. The number of benzene rings is 1. The summed E-state index contributed by atoms with van der Waals surface area (Å²) >= 11 is 0. The van der Waals surface area contributed by atoms with Crippen molar-refractivity contribution >= 4 is 10.9 Å². The number of aromatic amines is 1. The van der Waals surface area contributed by atoms with E-state index in [-0.39, 0.29) is 0 Å². The van der Waals surface area contributed by atoms with Crippen LogP contribution in [0.5, 0.6) is 11.5 Å². The molecule has 0 atom stereocenters. The van der Waals surface area contributed by atoms with Gasteiger partial charge in [-0.1, -0.05) is 0 Å². The smallest absolute Gasteiger partial charge is 0.132 e. The lowest BCUT2D eigenvalue weighted by Gasteiger charge is -2.07. The first kappa shape index (κ1) is 11.8. The molecule has 17 heavy (non-hydrogen) atoms. The Hall–Kier alpha value is -1.68. The summed E-state index contributed by atoms with van der Waals surface area (Å²) in [4.78, 5) is 3.35. The van der Waals surface area contributed by atoms with Crippen LogP contribution in [0.3, 0.4) is 0 Å². The quantitative estimate of drug-likeness (QED) is 0.850. The van der Waals surface area contributed by atoms with Gasteiger partial charge in [-0.3, -0.25) is 0 Å². The molecule has 0 bridgehead atoms. The molecule has 0 saturated carbocycles. The van der Waals surface area contributed by atoms with Crippen LogP contribution in [0.25, 0.3) is 10.9 Å². The minimum atomic E-state index is 0.628. The normalized spacial score (nSPS) is 10.8. The molecular formula is C13H18N2O2. The molecule has 0 saturated heterocycles. The molecule has 0 amide bonds. The van der Waals surface area contributed by atoms with Gasteiger partial charge in [0, 0.05) is 23.2 Å². The topological polar surface area (TPSA) is 60.3 Å². The van der Waals surface area contributed by atoms with E-state index >= 15 is 0 Å². The molecule has 4 heteroatoms.